The van der Waals surface area contributed by atoms with Gasteiger partial charge in [-0.3, -0.25) is 33.9 Å². The number of aliphatic hydroxyl groups is 1. The number of rotatable bonds is 11. The van der Waals surface area contributed by atoms with Crippen molar-refractivity contribution in [3.63, 3.8) is 0 Å². The summed E-state index contributed by atoms with van der Waals surface area (Å²) in [5.41, 5.74) is 2.89. The molecule has 9 heterocycles. The van der Waals surface area contributed by atoms with Gasteiger partial charge in [0.25, 0.3) is 0 Å². The number of halogens is 2. The number of piperidine rings is 3. The van der Waals surface area contributed by atoms with E-state index >= 15 is 8.78 Å². The minimum Gasteiger partial charge on any atom is -0.508 e. The van der Waals surface area contributed by atoms with Gasteiger partial charge in [-0.15, -0.1) is 0 Å². The number of aliphatic hydroxyl groups excluding tert-OH is 1. The van der Waals surface area contributed by atoms with Crippen LogP contribution in [0, 0.1) is 17.0 Å². The molecule has 1 unspecified atom stereocenters. The van der Waals surface area contributed by atoms with Gasteiger partial charge >= 0.3 is 17.8 Å². The van der Waals surface area contributed by atoms with Crippen LogP contribution in [0.25, 0.3) is 44.0 Å². The predicted molar refractivity (Wildman–Crippen MR) is 291 cm³/mol. The van der Waals surface area contributed by atoms with Crippen LogP contribution in [-0.2, 0) is 27.8 Å². The second kappa shape index (κ2) is 20.1. The molecule has 3 N–H and O–H groups in total. The van der Waals surface area contributed by atoms with Crippen molar-refractivity contribution in [2.45, 2.75) is 133 Å². The number of β-amino-alcohol motifs (C(OH)–C–C–N with tert-alkyl or cyclic N) is 1. The predicted octanol–water partition coefficient (Wildman–Crippen LogP) is 7.23. The molecule has 6 aromatic rings. The SMILES string of the molecule is CCc1c(F)ccc2cc(O)cc(-c3ncc4c(N5CC[C@H](O)C5)nc(OC[C@@]56CCCN5[C@H](COC(=O)N5CCC7(CC5)CC(N5CCC(c8ccc9c(c8)n(C)c(=O)n9C8CCC(=O)NC8=O)CC5)C7)CC6)nc4c3F)c12. The van der Waals surface area contributed by atoms with E-state index in [2.05, 4.69) is 37.2 Å². The first-order valence-corrected chi connectivity index (χ1v) is 28.5. The van der Waals surface area contributed by atoms with Gasteiger partial charge in [-0.1, -0.05) is 19.1 Å². The first-order valence-electron chi connectivity index (χ1n) is 28.5. The lowest BCUT2D eigenvalue weighted by Gasteiger charge is -2.56. The second-order valence-electron chi connectivity index (χ2n) is 23.7. The molecular formula is C59H68F2N10O8. The molecule has 3 aromatic carbocycles. The van der Waals surface area contributed by atoms with Gasteiger partial charge in [0.15, 0.2) is 5.82 Å². The molecule has 7 fully saturated rings. The fourth-order valence-corrected chi connectivity index (χ4v) is 15.0. The summed E-state index contributed by atoms with van der Waals surface area (Å²) in [4.78, 5) is 74.4. The zero-order valence-corrected chi connectivity index (χ0v) is 44.9. The summed E-state index contributed by atoms with van der Waals surface area (Å²) in [6, 6.07) is 11.9. The Hall–Kier alpha value is -6.77. The number of nitrogens with zero attached hydrogens (tertiary/aromatic N) is 9. The highest BCUT2D eigenvalue weighted by Crippen LogP contribution is 2.52. The number of phenols is 1. The number of hydrogen-bond acceptors (Lipinski definition) is 14. The van der Waals surface area contributed by atoms with E-state index in [0.29, 0.717) is 90.5 Å². The number of anilines is 1. The standard InChI is InChI=1S/C59H68F2N10O8/c1-3-41-44(60)7-5-36-25-40(73)27-42(49(36)41)51-50(61)52-43(30-62-51)53(69-22-14-39(72)31-69)65-55(64-52)79-33-59-15-4-19-70(59)37(11-16-59)32-78-57(77)68-23-17-58(18-24-68)28-38(29-58)67-20-12-34(13-21-67)35-6-8-45-47(26-35)66(2)56(76)71(45)46-9-10-48(74)63-54(46)75/h5-8,25-27,30,34,37-39,46,72-73H,3-4,9-24,28-29,31-33H2,1-2H3,(H,63,74,75)/t37-,39-,46?,59-/m0/s1. The molecule has 6 aliphatic heterocycles. The largest absolute Gasteiger partial charge is 0.508 e. The number of aromatic nitrogens is 5. The third-order valence-corrected chi connectivity index (χ3v) is 19.3. The van der Waals surface area contributed by atoms with Gasteiger partial charge in [-0.05, 0) is 167 Å². The summed E-state index contributed by atoms with van der Waals surface area (Å²) in [7, 11) is 1.74. The Labute approximate surface area is 455 Å². The first-order chi connectivity index (χ1) is 38.2. The molecule has 79 heavy (non-hydrogen) atoms. The fourth-order valence-electron chi connectivity index (χ4n) is 15.0. The van der Waals surface area contributed by atoms with Gasteiger partial charge in [0.1, 0.15) is 47.9 Å². The van der Waals surface area contributed by atoms with E-state index in [4.69, 9.17) is 14.5 Å². The van der Waals surface area contributed by atoms with E-state index in [1.165, 1.54) is 34.5 Å². The van der Waals surface area contributed by atoms with Crippen LogP contribution in [0.3, 0.4) is 0 Å². The van der Waals surface area contributed by atoms with Crippen molar-refractivity contribution in [2.24, 2.45) is 12.5 Å². The average molecular weight is 1080 g/mol. The number of imide groups is 1. The molecule has 416 valence electrons. The Morgan fingerprint density at radius 1 is 0.899 bits per heavy atom. The van der Waals surface area contributed by atoms with Gasteiger partial charge in [-0.2, -0.15) is 9.97 Å². The molecule has 1 spiro atoms. The molecular weight excluding hydrogens is 1010 g/mol. The summed E-state index contributed by atoms with van der Waals surface area (Å²) in [5.74, 6) is -1.25. The lowest BCUT2D eigenvalue weighted by atomic mass is 9.59. The normalized spacial score (nSPS) is 25.0. The Morgan fingerprint density at radius 2 is 1.71 bits per heavy atom. The first kappa shape index (κ1) is 51.7. The molecule has 4 atom stereocenters. The van der Waals surface area contributed by atoms with E-state index in [-0.39, 0.29) is 82.9 Å². The van der Waals surface area contributed by atoms with Crippen LogP contribution in [0.15, 0.2) is 53.5 Å². The zero-order valence-electron chi connectivity index (χ0n) is 44.9. The summed E-state index contributed by atoms with van der Waals surface area (Å²) in [6.07, 6.45) is 11.8. The van der Waals surface area contributed by atoms with Crippen molar-refractivity contribution >= 4 is 56.4 Å². The average Bonchev–Trinajstić information content (AvgIpc) is 4.42. The van der Waals surface area contributed by atoms with E-state index in [9.17, 15) is 29.4 Å². The van der Waals surface area contributed by atoms with E-state index in [0.717, 1.165) is 89.4 Å². The molecule has 1 aliphatic carbocycles. The van der Waals surface area contributed by atoms with Crippen molar-refractivity contribution in [1.29, 1.82) is 0 Å². The number of carbonyl (C=O) groups is 3. The molecule has 20 heteroatoms. The quantitative estimate of drug-likeness (QED) is 0.110. The number of carbonyl (C=O) groups excluding carboxylic acids is 3. The number of aromatic hydroxyl groups is 1. The molecule has 3 aromatic heterocycles. The Morgan fingerprint density at radius 3 is 2.47 bits per heavy atom. The Kier molecular flexibility index (Phi) is 13.1. The van der Waals surface area contributed by atoms with Gasteiger partial charge in [0.05, 0.1) is 28.1 Å². The summed E-state index contributed by atoms with van der Waals surface area (Å²) >= 11 is 0. The van der Waals surface area contributed by atoms with Gasteiger partial charge in [0.2, 0.25) is 11.8 Å². The van der Waals surface area contributed by atoms with Gasteiger partial charge in [0, 0.05) is 63.5 Å². The highest BCUT2D eigenvalue weighted by Gasteiger charge is 2.52. The third kappa shape index (κ3) is 9.05. The van der Waals surface area contributed by atoms with Crippen LogP contribution < -0.4 is 20.6 Å². The molecule has 1 saturated carbocycles. The maximum atomic E-state index is 17.1. The number of phenolic OH excluding ortho intramolecular Hbond substituents is 1. The zero-order chi connectivity index (χ0) is 54.5. The van der Waals surface area contributed by atoms with E-state index < -0.39 is 29.7 Å². The van der Waals surface area contributed by atoms with Crippen LogP contribution in [-0.4, -0.2) is 150 Å². The van der Waals surface area contributed by atoms with Crippen molar-refractivity contribution in [1.82, 2.24) is 44.1 Å². The van der Waals surface area contributed by atoms with Crippen molar-refractivity contribution < 1.29 is 42.9 Å². The topological polar surface area (TPSA) is 201 Å². The number of nitrogens with one attached hydrogen (secondary N) is 1. The second-order valence-corrected chi connectivity index (χ2v) is 23.7. The van der Waals surface area contributed by atoms with Crippen LogP contribution >= 0.6 is 0 Å². The number of pyridine rings is 1. The maximum absolute atomic E-state index is 17.1. The number of imidazole rings is 1. The van der Waals surface area contributed by atoms with E-state index in [1.54, 1.807) is 17.7 Å². The van der Waals surface area contributed by atoms with Gasteiger partial charge < -0.3 is 34.4 Å². The van der Waals surface area contributed by atoms with Crippen LogP contribution in [0.2, 0.25) is 0 Å². The molecule has 0 bridgehead atoms. The van der Waals surface area contributed by atoms with Crippen molar-refractivity contribution in [3.8, 4) is 23.0 Å². The Bertz CT molecular complexity index is 3490. The maximum Gasteiger partial charge on any atom is 0.409 e. The molecule has 3 amide bonds. The lowest BCUT2D eigenvalue weighted by molar-refractivity contribution is -0.135. The number of amides is 3. The summed E-state index contributed by atoms with van der Waals surface area (Å²) < 4.78 is 48.1. The molecule has 13 rings (SSSR count). The van der Waals surface area contributed by atoms with E-state index in [1.807, 2.05) is 22.8 Å². The molecule has 18 nitrogen and oxygen atoms in total. The minimum atomic E-state index is -0.756. The molecule has 6 saturated heterocycles. The monoisotopic (exact) mass is 1080 g/mol. The van der Waals surface area contributed by atoms with Crippen LogP contribution in [0.1, 0.15) is 113 Å². The molecule has 0 radical (unpaired) electrons. The highest BCUT2D eigenvalue weighted by atomic mass is 19.1. The number of benzene rings is 3. The summed E-state index contributed by atoms with van der Waals surface area (Å²) in [6.45, 7) is 7.35. The minimum absolute atomic E-state index is 0.00855. The number of fused-ring (bicyclic) bond motifs is 4. The fraction of sp³-hybridized carbons (Fsp3) is 0.542. The van der Waals surface area contributed by atoms with Crippen LogP contribution in [0.4, 0.5) is 19.4 Å². The van der Waals surface area contributed by atoms with Crippen molar-refractivity contribution in [3.05, 3.63) is 81.9 Å². The number of likely N-dealkylation sites (tertiary alicyclic amines) is 2. The van der Waals surface area contributed by atoms with Gasteiger partial charge in [-0.25, -0.2) is 18.4 Å². The number of ether oxygens (including phenoxy) is 2. The lowest BCUT2D eigenvalue weighted by Crippen LogP contribution is -2.56. The number of hydrogen-bond donors (Lipinski definition) is 3. The highest BCUT2D eigenvalue weighted by molar-refractivity contribution is 6.02. The summed E-state index contributed by atoms with van der Waals surface area (Å²) in [5, 5.41) is 25.0. The molecule has 7 aliphatic rings. The smallest absolute Gasteiger partial charge is 0.409 e. The Balaban J connectivity index is 0.615. The third-order valence-electron chi connectivity index (χ3n) is 19.3. The van der Waals surface area contributed by atoms with Crippen LogP contribution in [0.5, 0.6) is 11.8 Å². The number of aryl methyl sites for hydroxylation is 2. The van der Waals surface area contributed by atoms with Crippen molar-refractivity contribution in [2.75, 3.05) is 63.9 Å².